The lowest BCUT2D eigenvalue weighted by Crippen LogP contribution is -2.56. The van der Waals surface area contributed by atoms with Gasteiger partial charge in [0, 0.05) is 60.9 Å². The number of ether oxygens (including phenoxy) is 4. The molecule has 0 bridgehead atoms. The van der Waals surface area contributed by atoms with Gasteiger partial charge in [-0.05, 0) is 151 Å². The van der Waals surface area contributed by atoms with Crippen molar-refractivity contribution in [3.63, 3.8) is 0 Å². The fraction of sp³-hybridized carbons (Fsp3) is 0.459. The van der Waals surface area contributed by atoms with Gasteiger partial charge < -0.3 is 60.4 Å². The maximum absolute atomic E-state index is 11.9. The molecule has 75 heavy (non-hydrogen) atoms. The van der Waals surface area contributed by atoms with Gasteiger partial charge in [-0.2, -0.15) is 0 Å². The van der Waals surface area contributed by atoms with Crippen LogP contribution in [-0.2, 0) is 30.4 Å². The zero-order chi connectivity index (χ0) is 52.3. The van der Waals surface area contributed by atoms with Crippen molar-refractivity contribution in [1.82, 2.24) is 21.3 Å². The maximum atomic E-state index is 11.9. The van der Waals surface area contributed by atoms with Crippen molar-refractivity contribution >= 4 is 12.2 Å². The number of hydrogen-bond donors (Lipinski definition) is 9. The Kier molecular flexibility index (Phi) is 16.0. The number of aryl methyl sites for hydroxylation is 1. The normalized spacial score (nSPS) is 21.7. The summed E-state index contributed by atoms with van der Waals surface area (Å²) < 4.78 is 27.5. The van der Waals surface area contributed by atoms with E-state index >= 15 is 0 Å². The first-order valence-electron chi connectivity index (χ1n) is 27.0. The van der Waals surface area contributed by atoms with E-state index in [0.29, 0.717) is 82.2 Å². The van der Waals surface area contributed by atoms with E-state index in [2.05, 4.69) is 95.8 Å². The van der Waals surface area contributed by atoms with E-state index in [0.717, 1.165) is 74.7 Å². The van der Waals surface area contributed by atoms with Crippen LogP contribution in [0.2, 0.25) is 0 Å². The first-order chi connectivity index (χ1) is 36.4. The molecule has 14 nitrogen and oxygen atoms in total. The summed E-state index contributed by atoms with van der Waals surface area (Å²) in [5.74, 6) is 1.96. The van der Waals surface area contributed by atoms with Gasteiger partial charge in [0.05, 0.1) is 37.4 Å². The summed E-state index contributed by atoms with van der Waals surface area (Å²) in [5.41, 5.74) is 9.30. The highest BCUT2D eigenvalue weighted by atomic mass is 16.6. The molecule has 0 saturated heterocycles. The van der Waals surface area contributed by atoms with Gasteiger partial charge >= 0.3 is 0 Å². The molecule has 3 heterocycles. The van der Waals surface area contributed by atoms with Crippen LogP contribution in [0.25, 0.3) is 23.3 Å². The number of aromatic hydroxyl groups is 2. The fourth-order valence-corrected chi connectivity index (χ4v) is 12.6. The molecule has 0 amide bonds. The Morgan fingerprint density at radius 3 is 2.53 bits per heavy atom. The Morgan fingerprint density at radius 2 is 1.73 bits per heavy atom. The number of phenols is 2. The topological polar surface area (TPSA) is 199 Å². The van der Waals surface area contributed by atoms with E-state index in [1.807, 2.05) is 32.2 Å². The van der Waals surface area contributed by atoms with Gasteiger partial charge in [-0.15, -0.1) is 0 Å². The second-order valence-electron chi connectivity index (χ2n) is 21.8. The average Bonchev–Trinajstić information content (AvgIpc) is 3.91. The molecule has 10 rings (SSSR count). The molecule has 3 aliphatic heterocycles. The molecule has 5 aliphatic rings. The Bertz CT molecular complexity index is 3020. The number of aliphatic hydroxyl groups is 3. The zero-order valence-corrected chi connectivity index (χ0v) is 43.9. The Hall–Kier alpha value is -5.81. The van der Waals surface area contributed by atoms with Crippen molar-refractivity contribution in [3.8, 4) is 39.9 Å². The lowest BCUT2D eigenvalue weighted by molar-refractivity contribution is -0.129. The largest absolute Gasteiger partial charge is 0.507 e. The van der Waals surface area contributed by atoms with Gasteiger partial charge in [0.15, 0.2) is 17.6 Å². The molecule has 5 aromatic rings. The average molecular weight is 1020 g/mol. The highest BCUT2D eigenvalue weighted by molar-refractivity contribution is 5.89. The molecule has 0 radical (unpaired) electrons. The predicted molar refractivity (Wildman–Crippen MR) is 291 cm³/mol. The van der Waals surface area contributed by atoms with Crippen LogP contribution >= 0.6 is 0 Å². The number of nitrogens with one attached hydrogen (secondary N) is 4. The number of aliphatic hydroxyl groups excluding tert-OH is 2. The Labute approximate surface area is 440 Å². The van der Waals surface area contributed by atoms with Crippen molar-refractivity contribution in [2.24, 2.45) is 10.9 Å². The van der Waals surface area contributed by atoms with Crippen LogP contribution in [0.5, 0.6) is 28.7 Å². The Morgan fingerprint density at radius 1 is 0.907 bits per heavy atom. The third-order valence-corrected chi connectivity index (χ3v) is 15.7. The molecule has 6 atom stereocenters. The number of rotatable bonds is 23. The lowest BCUT2D eigenvalue weighted by atomic mass is 9.62. The Balaban J connectivity index is 1.11. The van der Waals surface area contributed by atoms with E-state index in [1.165, 1.54) is 16.7 Å². The van der Waals surface area contributed by atoms with Crippen LogP contribution in [0, 0.1) is 5.92 Å². The number of benzene rings is 5. The first kappa shape index (κ1) is 52.6. The third-order valence-electron chi connectivity index (χ3n) is 15.7. The standard InChI is InChI=1S/C61H75N5O9/c1-37(2)29-60(3,71)33-64-35-65-34-61(73-36-62-4)30-49-46-28-48-54(40-12-17-50-39(25-40)20-22-66-50)42(31-63-21-8-11-38-9-6-5-7-10-38)26-47-51(69)19-16-44(55(47)48)56(46)58-45(15-14-43(32-68)74-58)57(49)75-59(61)41-13-18-52(70)53(27-41)72-24-23-67/h5-7,9-10,12-13,16-20,25-27,37,43,48,54,59,62-65,67-71H,8,11,14-15,21-24,28-36H2,1-4H3/t43-,48-,54-,59-,60+,61+/m1/s1. The minimum Gasteiger partial charge on any atom is -0.507 e. The van der Waals surface area contributed by atoms with Gasteiger partial charge in [-0.1, -0.05) is 68.5 Å². The summed E-state index contributed by atoms with van der Waals surface area (Å²) >= 11 is 0. The van der Waals surface area contributed by atoms with Crippen molar-refractivity contribution in [2.75, 3.05) is 73.0 Å². The zero-order valence-electron chi connectivity index (χ0n) is 43.9. The van der Waals surface area contributed by atoms with E-state index in [1.54, 1.807) is 12.1 Å². The number of hydrogen-bond acceptors (Lipinski definition) is 14. The van der Waals surface area contributed by atoms with Gasteiger partial charge in [0.1, 0.15) is 35.6 Å². The first-order valence-corrected chi connectivity index (χ1v) is 27.0. The fourth-order valence-electron chi connectivity index (χ4n) is 12.6. The summed E-state index contributed by atoms with van der Waals surface area (Å²) in [6.45, 7) is 9.09. The van der Waals surface area contributed by atoms with Gasteiger partial charge in [-0.25, -0.2) is 0 Å². The van der Waals surface area contributed by atoms with Gasteiger partial charge in [-0.3, -0.25) is 10.3 Å². The van der Waals surface area contributed by atoms with Crippen LogP contribution < -0.4 is 46.1 Å². The number of fused-ring (bicyclic) bond motifs is 8. The van der Waals surface area contributed by atoms with E-state index in [4.69, 9.17) is 23.9 Å². The molecule has 5 aromatic carbocycles. The van der Waals surface area contributed by atoms with Crippen LogP contribution in [0.15, 0.2) is 89.4 Å². The van der Waals surface area contributed by atoms with E-state index < -0.39 is 23.4 Å². The van der Waals surface area contributed by atoms with E-state index in [9.17, 15) is 25.5 Å². The molecular formula is C61H75N5O9. The molecule has 0 aromatic heterocycles. The van der Waals surface area contributed by atoms with Crippen molar-refractivity contribution in [3.05, 3.63) is 140 Å². The number of nitrogens with zero attached hydrogens (tertiary/aromatic N) is 1. The molecule has 0 fully saturated rings. The van der Waals surface area contributed by atoms with Crippen molar-refractivity contribution in [1.29, 1.82) is 0 Å². The number of phenolic OH excluding ortho intramolecular Hbond substituents is 2. The second kappa shape index (κ2) is 22.8. The summed E-state index contributed by atoms with van der Waals surface area (Å²) in [4.78, 5) is 4.75. The van der Waals surface area contributed by atoms with Crippen LogP contribution in [-0.4, -0.2) is 116 Å². The molecule has 14 heteroatoms. The predicted octanol–water partition coefficient (Wildman–Crippen LogP) is 5.82. The van der Waals surface area contributed by atoms with Crippen molar-refractivity contribution < 1.29 is 44.5 Å². The molecular weight excluding hydrogens is 947 g/mol. The quantitative estimate of drug-likeness (QED) is 0.0281. The minimum absolute atomic E-state index is 0.00696. The summed E-state index contributed by atoms with van der Waals surface area (Å²) in [6, 6.07) is 26.3. The highest BCUT2D eigenvalue weighted by Crippen LogP contribution is 2.61. The minimum atomic E-state index is -1.07. The molecule has 9 N–H and O–H groups in total. The van der Waals surface area contributed by atoms with Crippen molar-refractivity contribution in [2.45, 2.75) is 101 Å². The van der Waals surface area contributed by atoms with Crippen LogP contribution in [0.4, 0.5) is 0 Å². The summed E-state index contributed by atoms with van der Waals surface area (Å²) in [7, 11) is 1.85. The third kappa shape index (κ3) is 10.9. The smallest absolute Gasteiger partial charge is 0.161 e. The van der Waals surface area contributed by atoms with Crippen LogP contribution in [0.1, 0.15) is 102 Å². The van der Waals surface area contributed by atoms with Gasteiger partial charge in [0.2, 0.25) is 0 Å². The van der Waals surface area contributed by atoms with E-state index in [-0.39, 0.29) is 55.6 Å². The van der Waals surface area contributed by atoms with Crippen LogP contribution in [0.3, 0.4) is 0 Å². The monoisotopic (exact) mass is 1020 g/mol. The SMILES string of the molecule is CNCO[C@]1(CNCNC[C@@](C)(O)CC(C)C)Cc2c3c(c4c(c2O[C@@H]1c1ccc(O)c(OCCO)c1)CC[C@H](CO)O4)-c1ccc(O)c2c1[C@H](C3)[C@H](c1ccc3c(c1)=CCN=3)C(CNCCCc1ccccc1)=C2. The molecule has 0 spiro atoms. The summed E-state index contributed by atoms with van der Waals surface area (Å²) in [5, 5.41) is 70.8. The van der Waals surface area contributed by atoms with Gasteiger partial charge in [0.25, 0.3) is 0 Å². The maximum Gasteiger partial charge on any atom is 0.161 e. The molecule has 398 valence electrons. The molecule has 0 saturated carbocycles. The second-order valence-corrected chi connectivity index (χ2v) is 21.8. The molecule has 0 unspecified atom stereocenters. The highest BCUT2D eigenvalue weighted by Gasteiger charge is 2.51. The summed E-state index contributed by atoms with van der Waals surface area (Å²) in [6.07, 6.45) is 8.03. The molecule has 2 aliphatic carbocycles. The lowest BCUT2D eigenvalue weighted by Gasteiger charge is -2.48.